The van der Waals surface area contributed by atoms with E-state index in [9.17, 15) is 9.59 Å². The van der Waals surface area contributed by atoms with Gasteiger partial charge in [0.05, 0.1) is 0 Å². The van der Waals surface area contributed by atoms with Crippen molar-refractivity contribution in [3.8, 4) is 0 Å². The van der Waals surface area contributed by atoms with Gasteiger partial charge in [0.2, 0.25) is 11.8 Å². The fourth-order valence-corrected chi connectivity index (χ4v) is 2.03. The highest BCUT2D eigenvalue weighted by atomic mass is 16.2. The van der Waals surface area contributed by atoms with Crippen LogP contribution in [0.1, 0.15) is 24.0 Å². The molecule has 0 fully saturated rings. The highest BCUT2D eigenvalue weighted by Gasteiger charge is 2.06. The Hall–Kier alpha value is -2.70. The molecule has 0 unspecified atom stereocenters. The second kappa shape index (κ2) is 10.1. The molecule has 0 heterocycles. The van der Waals surface area contributed by atoms with Gasteiger partial charge < -0.3 is 0 Å². The van der Waals surface area contributed by atoms with Gasteiger partial charge in [-0.25, -0.2) is 10.9 Å². The Balaban J connectivity index is 1.53. The molecule has 6 nitrogen and oxygen atoms in total. The van der Waals surface area contributed by atoms with Crippen LogP contribution in [-0.4, -0.2) is 11.8 Å². The highest BCUT2D eigenvalue weighted by molar-refractivity contribution is 5.83. The lowest BCUT2D eigenvalue weighted by atomic mass is 10.2. The van der Waals surface area contributed by atoms with Crippen LogP contribution in [0.5, 0.6) is 0 Å². The van der Waals surface area contributed by atoms with Gasteiger partial charge in [-0.05, 0) is 11.1 Å². The molecule has 0 spiro atoms. The van der Waals surface area contributed by atoms with E-state index < -0.39 is 0 Å². The maximum Gasteiger partial charge on any atom is 0.234 e. The van der Waals surface area contributed by atoms with Crippen molar-refractivity contribution in [3.63, 3.8) is 0 Å². The molecular formula is C18H22N4O2. The molecule has 2 amide bonds. The van der Waals surface area contributed by atoms with E-state index in [1.54, 1.807) is 0 Å². The van der Waals surface area contributed by atoms with Crippen LogP contribution in [0, 0.1) is 0 Å². The van der Waals surface area contributed by atoms with E-state index in [0.29, 0.717) is 13.1 Å². The Kier molecular flexibility index (Phi) is 7.46. The van der Waals surface area contributed by atoms with E-state index in [4.69, 9.17) is 0 Å². The van der Waals surface area contributed by atoms with Gasteiger partial charge in [-0.3, -0.25) is 20.4 Å². The maximum atomic E-state index is 11.7. The third-order valence-electron chi connectivity index (χ3n) is 3.31. The van der Waals surface area contributed by atoms with E-state index in [0.717, 1.165) is 11.1 Å². The number of carbonyl (C=O) groups excluding carboxylic acids is 2. The standard InChI is InChI=1S/C18H22N4O2/c23-17(21-19-13-15-7-3-1-4-8-15)11-12-18(24)22-20-14-16-9-5-2-6-10-16/h1-10,19-20H,11-14H2,(H,21,23)(H,22,24). The molecule has 0 aliphatic carbocycles. The van der Waals surface area contributed by atoms with Crippen LogP contribution >= 0.6 is 0 Å². The minimum atomic E-state index is -0.218. The van der Waals surface area contributed by atoms with Crippen molar-refractivity contribution in [3.05, 3.63) is 71.8 Å². The molecule has 24 heavy (non-hydrogen) atoms. The fraction of sp³-hybridized carbons (Fsp3) is 0.222. The predicted molar refractivity (Wildman–Crippen MR) is 92.1 cm³/mol. The summed E-state index contributed by atoms with van der Waals surface area (Å²) in [6.45, 7) is 1.08. The van der Waals surface area contributed by atoms with Crippen LogP contribution in [0.2, 0.25) is 0 Å². The summed E-state index contributed by atoms with van der Waals surface area (Å²) in [6, 6.07) is 19.5. The second-order valence-electron chi connectivity index (χ2n) is 5.27. The number of hydrazine groups is 2. The monoisotopic (exact) mass is 326 g/mol. The summed E-state index contributed by atoms with van der Waals surface area (Å²) in [4.78, 5) is 23.3. The predicted octanol–water partition coefficient (Wildman–Crippen LogP) is 1.41. The lowest BCUT2D eigenvalue weighted by molar-refractivity contribution is -0.127. The molecule has 0 bridgehead atoms. The van der Waals surface area contributed by atoms with E-state index in [1.165, 1.54) is 0 Å². The van der Waals surface area contributed by atoms with E-state index in [2.05, 4.69) is 21.7 Å². The Morgan fingerprint density at radius 3 is 1.38 bits per heavy atom. The number of nitrogens with one attached hydrogen (secondary N) is 4. The van der Waals surface area contributed by atoms with Crippen LogP contribution in [0.25, 0.3) is 0 Å². The summed E-state index contributed by atoms with van der Waals surface area (Å²) >= 11 is 0. The molecule has 126 valence electrons. The first-order valence-electron chi connectivity index (χ1n) is 7.85. The Labute approximate surface area is 141 Å². The van der Waals surface area contributed by atoms with Crippen LogP contribution in [0.3, 0.4) is 0 Å². The van der Waals surface area contributed by atoms with Gasteiger partial charge in [0.15, 0.2) is 0 Å². The zero-order valence-corrected chi connectivity index (χ0v) is 13.4. The fourth-order valence-electron chi connectivity index (χ4n) is 2.03. The molecule has 0 aliphatic rings. The Morgan fingerprint density at radius 2 is 1.00 bits per heavy atom. The summed E-state index contributed by atoms with van der Waals surface area (Å²) in [6.07, 6.45) is 0.251. The molecule has 2 rings (SSSR count). The maximum absolute atomic E-state index is 11.7. The van der Waals surface area contributed by atoms with Crippen molar-refractivity contribution in [2.45, 2.75) is 25.9 Å². The quantitative estimate of drug-likeness (QED) is 0.525. The number of hydrogen-bond acceptors (Lipinski definition) is 4. The number of benzene rings is 2. The molecule has 0 saturated carbocycles. The zero-order chi connectivity index (χ0) is 17.0. The van der Waals surface area contributed by atoms with Gasteiger partial charge in [0.1, 0.15) is 0 Å². The van der Waals surface area contributed by atoms with E-state index in [-0.39, 0.29) is 24.7 Å². The van der Waals surface area contributed by atoms with Crippen molar-refractivity contribution < 1.29 is 9.59 Å². The molecule has 0 saturated heterocycles. The number of rotatable bonds is 9. The van der Waals surface area contributed by atoms with Gasteiger partial charge in [0, 0.05) is 25.9 Å². The third-order valence-corrected chi connectivity index (χ3v) is 3.31. The SMILES string of the molecule is O=C(CCC(=O)NNCc1ccccc1)NNCc1ccccc1. The van der Waals surface area contributed by atoms with Crippen molar-refractivity contribution in [1.82, 2.24) is 21.7 Å². The van der Waals surface area contributed by atoms with Gasteiger partial charge in [-0.1, -0.05) is 60.7 Å². The van der Waals surface area contributed by atoms with Gasteiger partial charge >= 0.3 is 0 Å². The second-order valence-corrected chi connectivity index (χ2v) is 5.27. The first kappa shape index (κ1) is 17.7. The number of amides is 2. The molecule has 4 N–H and O–H groups in total. The Bertz CT molecular complexity index is 574. The van der Waals surface area contributed by atoms with Crippen molar-refractivity contribution >= 4 is 11.8 Å². The molecule has 0 radical (unpaired) electrons. The molecular weight excluding hydrogens is 304 g/mol. The van der Waals surface area contributed by atoms with Crippen molar-refractivity contribution in [2.24, 2.45) is 0 Å². The van der Waals surface area contributed by atoms with Gasteiger partial charge in [-0.15, -0.1) is 0 Å². The molecule has 2 aromatic carbocycles. The molecule has 0 atom stereocenters. The van der Waals surface area contributed by atoms with Crippen LogP contribution in [-0.2, 0) is 22.7 Å². The van der Waals surface area contributed by atoms with Crippen molar-refractivity contribution in [1.29, 1.82) is 0 Å². The molecule has 2 aromatic rings. The normalized spacial score (nSPS) is 10.2. The smallest absolute Gasteiger partial charge is 0.234 e. The minimum absolute atomic E-state index is 0.126. The molecule has 0 aromatic heterocycles. The molecule has 6 heteroatoms. The van der Waals surface area contributed by atoms with Crippen LogP contribution in [0.4, 0.5) is 0 Å². The lowest BCUT2D eigenvalue weighted by Crippen LogP contribution is -2.39. The lowest BCUT2D eigenvalue weighted by Gasteiger charge is -2.09. The van der Waals surface area contributed by atoms with Crippen LogP contribution in [0.15, 0.2) is 60.7 Å². The number of hydrogen-bond donors (Lipinski definition) is 4. The third kappa shape index (κ3) is 7.04. The Morgan fingerprint density at radius 1 is 0.625 bits per heavy atom. The largest absolute Gasteiger partial charge is 0.291 e. The first-order chi connectivity index (χ1) is 11.7. The van der Waals surface area contributed by atoms with Crippen LogP contribution < -0.4 is 21.7 Å². The summed E-state index contributed by atoms with van der Waals surface area (Å²) in [7, 11) is 0. The zero-order valence-electron chi connectivity index (χ0n) is 13.4. The summed E-state index contributed by atoms with van der Waals surface area (Å²) in [5.41, 5.74) is 13.0. The first-order valence-corrected chi connectivity index (χ1v) is 7.85. The summed E-state index contributed by atoms with van der Waals surface area (Å²) < 4.78 is 0. The van der Waals surface area contributed by atoms with Gasteiger partial charge in [-0.2, -0.15) is 0 Å². The summed E-state index contributed by atoms with van der Waals surface area (Å²) in [5, 5.41) is 0. The average Bonchev–Trinajstić information content (AvgIpc) is 2.62. The average molecular weight is 326 g/mol. The number of carbonyl (C=O) groups is 2. The highest BCUT2D eigenvalue weighted by Crippen LogP contribution is 1.97. The summed E-state index contributed by atoms with van der Waals surface area (Å²) in [5.74, 6) is -0.437. The topological polar surface area (TPSA) is 82.3 Å². The van der Waals surface area contributed by atoms with Gasteiger partial charge in [0.25, 0.3) is 0 Å². The van der Waals surface area contributed by atoms with E-state index in [1.807, 2.05) is 60.7 Å². The van der Waals surface area contributed by atoms with Crippen molar-refractivity contribution in [2.75, 3.05) is 0 Å². The minimum Gasteiger partial charge on any atom is -0.291 e. The molecule has 0 aliphatic heterocycles. The van der Waals surface area contributed by atoms with E-state index >= 15 is 0 Å².